The lowest BCUT2D eigenvalue weighted by atomic mass is 10.1. The highest BCUT2D eigenvalue weighted by Crippen LogP contribution is 2.15. The van der Waals surface area contributed by atoms with Crippen molar-refractivity contribution in [3.8, 4) is 6.07 Å². The van der Waals surface area contributed by atoms with Crippen LogP contribution in [0.1, 0.15) is 17.2 Å². The van der Waals surface area contributed by atoms with Crippen molar-refractivity contribution < 1.29 is 9.90 Å². The number of hydrogen-bond acceptors (Lipinski definition) is 3. The maximum Gasteiger partial charge on any atom is 0.319 e. The van der Waals surface area contributed by atoms with Crippen LogP contribution in [0.25, 0.3) is 0 Å². The molecule has 2 amide bonds. The molecule has 0 saturated carbocycles. The molecule has 0 aliphatic rings. The molecule has 0 spiro atoms. The first-order valence-corrected chi connectivity index (χ1v) is 6.47. The van der Waals surface area contributed by atoms with Crippen LogP contribution in [-0.2, 0) is 0 Å². The lowest BCUT2D eigenvalue weighted by Crippen LogP contribution is -2.34. The van der Waals surface area contributed by atoms with E-state index in [4.69, 9.17) is 5.26 Å². The summed E-state index contributed by atoms with van der Waals surface area (Å²) in [6.45, 7) is -0.211. The number of para-hydroxylation sites is 1. The van der Waals surface area contributed by atoms with Gasteiger partial charge >= 0.3 is 6.03 Å². The van der Waals surface area contributed by atoms with E-state index in [1.54, 1.807) is 24.3 Å². The average Bonchev–Trinajstić information content (AvgIpc) is 2.54. The Morgan fingerprint density at radius 3 is 2.48 bits per heavy atom. The zero-order valence-electron chi connectivity index (χ0n) is 11.3. The van der Waals surface area contributed by atoms with Gasteiger partial charge in [0.05, 0.1) is 23.9 Å². The molecule has 2 aromatic carbocycles. The number of carbonyl (C=O) groups is 1. The summed E-state index contributed by atoms with van der Waals surface area (Å²) >= 11 is 0. The number of hydrogen-bond donors (Lipinski definition) is 3. The van der Waals surface area contributed by atoms with Crippen molar-refractivity contribution in [3.05, 3.63) is 65.7 Å². The predicted molar refractivity (Wildman–Crippen MR) is 79.6 cm³/mol. The molecule has 0 saturated heterocycles. The lowest BCUT2D eigenvalue weighted by molar-refractivity contribution is 0.225. The Morgan fingerprint density at radius 2 is 1.81 bits per heavy atom. The molecule has 21 heavy (non-hydrogen) atoms. The van der Waals surface area contributed by atoms with Crippen LogP contribution in [0.3, 0.4) is 0 Å². The fraction of sp³-hybridized carbons (Fsp3) is 0.125. The molecule has 0 heterocycles. The summed E-state index contributed by atoms with van der Waals surface area (Å²) in [6, 6.07) is 16.9. The maximum atomic E-state index is 12.0. The summed E-state index contributed by atoms with van der Waals surface area (Å²) in [6.07, 6.45) is 0. The Morgan fingerprint density at radius 1 is 1.14 bits per heavy atom. The molecule has 1 atom stereocenters. The largest absolute Gasteiger partial charge is 0.394 e. The van der Waals surface area contributed by atoms with Gasteiger partial charge < -0.3 is 15.7 Å². The first-order valence-electron chi connectivity index (χ1n) is 6.47. The van der Waals surface area contributed by atoms with Crippen molar-refractivity contribution in [3.63, 3.8) is 0 Å². The van der Waals surface area contributed by atoms with Crippen LogP contribution in [0.15, 0.2) is 54.6 Å². The highest BCUT2D eigenvalue weighted by atomic mass is 16.3. The standard InChI is InChI=1S/C16H15N3O2/c17-10-13-8-4-5-9-14(13)18-16(21)19-15(11-20)12-6-2-1-3-7-12/h1-9,15,20H,11H2,(H2,18,19,21)/t15-/m1/s1. The van der Waals surface area contributed by atoms with Gasteiger partial charge in [-0.1, -0.05) is 42.5 Å². The molecule has 0 radical (unpaired) electrons. The zero-order valence-corrected chi connectivity index (χ0v) is 11.3. The van der Waals surface area contributed by atoms with Crippen LogP contribution in [0.4, 0.5) is 10.5 Å². The predicted octanol–water partition coefficient (Wildman–Crippen LogP) is 2.41. The molecule has 3 N–H and O–H groups in total. The summed E-state index contributed by atoms with van der Waals surface area (Å²) in [4.78, 5) is 12.0. The Labute approximate surface area is 122 Å². The summed E-state index contributed by atoms with van der Waals surface area (Å²) in [7, 11) is 0. The number of carbonyl (C=O) groups excluding carboxylic acids is 1. The number of aliphatic hydroxyl groups excluding tert-OH is 1. The third-order valence-corrected chi connectivity index (χ3v) is 2.99. The number of anilines is 1. The summed E-state index contributed by atoms with van der Waals surface area (Å²) in [5.41, 5.74) is 1.62. The molecule has 5 nitrogen and oxygen atoms in total. The minimum atomic E-state index is -0.500. The average molecular weight is 281 g/mol. The molecule has 2 aromatic rings. The van der Waals surface area contributed by atoms with Gasteiger partial charge in [0.1, 0.15) is 6.07 Å². The third kappa shape index (κ3) is 3.81. The zero-order chi connectivity index (χ0) is 15.1. The topological polar surface area (TPSA) is 85.2 Å². The van der Waals surface area contributed by atoms with Gasteiger partial charge in [0.2, 0.25) is 0 Å². The van der Waals surface area contributed by atoms with E-state index < -0.39 is 12.1 Å². The van der Waals surface area contributed by atoms with Crippen LogP contribution in [0.5, 0.6) is 0 Å². The fourth-order valence-electron chi connectivity index (χ4n) is 1.93. The second-order valence-corrected chi connectivity index (χ2v) is 4.40. The van der Waals surface area contributed by atoms with Crippen LogP contribution in [-0.4, -0.2) is 17.7 Å². The number of nitrogens with one attached hydrogen (secondary N) is 2. The van der Waals surface area contributed by atoms with Crippen molar-refractivity contribution in [1.82, 2.24) is 5.32 Å². The quantitative estimate of drug-likeness (QED) is 0.804. The lowest BCUT2D eigenvalue weighted by Gasteiger charge is -2.17. The molecule has 2 rings (SSSR count). The molecule has 5 heteroatoms. The van der Waals surface area contributed by atoms with Gasteiger partial charge in [-0.2, -0.15) is 5.26 Å². The van der Waals surface area contributed by atoms with Crippen LogP contribution in [0.2, 0.25) is 0 Å². The maximum absolute atomic E-state index is 12.0. The van der Waals surface area contributed by atoms with Gasteiger partial charge in [0.15, 0.2) is 0 Å². The highest BCUT2D eigenvalue weighted by molar-refractivity contribution is 5.91. The molecule has 0 aliphatic carbocycles. The smallest absolute Gasteiger partial charge is 0.319 e. The minimum absolute atomic E-state index is 0.211. The van der Waals surface area contributed by atoms with E-state index in [0.29, 0.717) is 11.3 Å². The monoisotopic (exact) mass is 281 g/mol. The molecule has 0 aromatic heterocycles. The van der Waals surface area contributed by atoms with Crippen LogP contribution < -0.4 is 10.6 Å². The SMILES string of the molecule is N#Cc1ccccc1NC(=O)N[C@H](CO)c1ccccc1. The normalized spacial score (nSPS) is 11.2. The van der Waals surface area contributed by atoms with E-state index >= 15 is 0 Å². The van der Waals surface area contributed by atoms with E-state index in [1.165, 1.54) is 0 Å². The second-order valence-electron chi connectivity index (χ2n) is 4.40. The molecule has 106 valence electrons. The Hall–Kier alpha value is -2.84. The van der Waals surface area contributed by atoms with Crippen molar-refractivity contribution in [2.75, 3.05) is 11.9 Å². The summed E-state index contributed by atoms with van der Waals surface area (Å²) in [5, 5.41) is 23.7. The summed E-state index contributed by atoms with van der Waals surface area (Å²) in [5.74, 6) is 0. The fourth-order valence-corrected chi connectivity index (χ4v) is 1.93. The van der Waals surface area contributed by atoms with Crippen molar-refractivity contribution >= 4 is 11.7 Å². The van der Waals surface area contributed by atoms with Gasteiger partial charge in [-0.3, -0.25) is 0 Å². The molecule has 0 aliphatic heterocycles. The van der Waals surface area contributed by atoms with Crippen molar-refractivity contribution in [1.29, 1.82) is 5.26 Å². The van der Waals surface area contributed by atoms with Gasteiger partial charge in [-0.05, 0) is 17.7 Å². The number of nitrogens with zero attached hydrogens (tertiary/aromatic N) is 1. The molecule has 0 unspecified atom stereocenters. The number of urea groups is 1. The van der Waals surface area contributed by atoms with Crippen molar-refractivity contribution in [2.24, 2.45) is 0 Å². The molecule has 0 bridgehead atoms. The second kappa shape index (κ2) is 7.08. The Kier molecular flexibility index (Phi) is 4.91. The van der Waals surface area contributed by atoms with E-state index in [9.17, 15) is 9.90 Å². The van der Waals surface area contributed by atoms with Gasteiger partial charge in [-0.15, -0.1) is 0 Å². The van der Waals surface area contributed by atoms with Gasteiger partial charge in [-0.25, -0.2) is 4.79 Å². The number of nitriles is 1. The van der Waals surface area contributed by atoms with E-state index in [0.717, 1.165) is 5.56 Å². The van der Waals surface area contributed by atoms with Crippen LogP contribution >= 0.6 is 0 Å². The highest BCUT2D eigenvalue weighted by Gasteiger charge is 2.14. The molecular weight excluding hydrogens is 266 g/mol. The number of aliphatic hydroxyl groups is 1. The van der Waals surface area contributed by atoms with Gasteiger partial charge in [0.25, 0.3) is 0 Å². The van der Waals surface area contributed by atoms with E-state index in [1.807, 2.05) is 36.4 Å². The Bertz CT molecular complexity index is 650. The van der Waals surface area contributed by atoms with Gasteiger partial charge in [0, 0.05) is 0 Å². The Balaban J connectivity index is 2.06. The van der Waals surface area contributed by atoms with E-state index in [-0.39, 0.29) is 6.61 Å². The number of benzene rings is 2. The van der Waals surface area contributed by atoms with E-state index in [2.05, 4.69) is 10.6 Å². The first-order chi connectivity index (χ1) is 10.2. The first kappa shape index (κ1) is 14.6. The molecule has 0 fully saturated rings. The minimum Gasteiger partial charge on any atom is -0.394 e. The van der Waals surface area contributed by atoms with Crippen molar-refractivity contribution in [2.45, 2.75) is 6.04 Å². The third-order valence-electron chi connectivity index (χ3n) is 2.99. The summed E-state index contributed by atoms with van der Waals surface area (Å²) < 4.78 is 0. The number of amides is 2. The number of rotatable bonds is 4. The van der Waals surface area contributed by atoms with Crippen LogP contribution in [0, 0.1) is 11.3 Å². The molecular formula is C16H15N3O2.